The van der Waals surface area contributed by atoms with E-state index in [4.69, 9.17) is 0 Å². The third-order valence-electron chi connectivity index (χ3n) is 4.99. The standard InChI is InChI=1S/C17H30OSi/c1-13(2)19(14(3)4,15(5)6)17(12-18)16-10-8-7-9-11-16/h7-11,13-15,17-18H,12H2,1-6H3. The first kappa shape index (κ1) is 16.5. The van der Waals surface area contributed by atoms with Crippen LogP contribution in [0.15, 0.2) is 30.3 Å². The van der Waals surface area contributed by atoms with Crippen LogP contribution in [0, 0.1) is 0 Å². The molecule has 0 spiro atoms. The van der Waals surface area contributed by atoms with E-state index in [2.05, 4.69) is 71.9 Å². The van der Waals surface area contributed by atoms with Gasteiger partial charge in [-0.2, -0.15) is 0 Å². The molecule has 0 bridgehead atoms. The third kappa shape index (κ3) is 2.95. The monoisotopic (exact) mass is 278 g/mol. The molecule has 0 saturated heterocycles. The van der Waals surface area contributed by atoms with Crippen molar-refractivity contribution < 1.29 is 5.11 Å². The second kappa shape index (κ2) is 6.71. The van der Waals surface area contributed by atoms with E-state index < -0.39 is 8.07 Å². The number of rotatable bonds is 6. The fourth-order valence-electron chi connectivity index (χ4n) is 4.44. The summed E-state index contributed by atoms with van der Waals surface area (Å²) in [7, 11) is -1.65. The molecule has 0 radical (unpaired) electrons. The SMILES string of the molecule is CC(C)[Si](C(C)C)(C(C)C)C(CO)c1ccccc1. The molecule has 0 heterocycles. The number of hydrogen-bond acceptors (Lipinski definition) is 1. The van der Waals surface area contributed by atoms with Gasteiger partial charge in [-0.1, -0.05) is 71.9 Å². The van der Waals surface area contributed by atoms with Crippen LogP contribution >= 0.6 is 0 Å². The van der Waals surface area contributed by atoms with Crippen LogP contribution in [0.1, 0.15) is 52.6 Å². The van der Waals surface area contributed by atoms with Crippen LogP contribution < -0.4 is 0 Å². The van der Waals surface area contributed by atoms with Crippen molar-refractivity contribution in [2.24, 2.45) is 0 Å². The van der Waals surface area contributed by atoms with Gasteiger partial charge in [0, 0.05) is 12.1 Å². The van der Waals surface area contributed by atoms with E-state index in [0.29, 0.717) is 22.2 Å². The van der Waals surface area contributed by atoms with Gasteiger partial charge in [-0.15, -0.1) is 0 Å². The first-order valence-electron chi connectivity index (χ1n) is 7.54. The van der Waals surface area contributed by atoms with Crippen LogP contribution in [0.3, 0.4) is 0 Å². The molecule has 2 heteroatoms. The first-order chi connectivity index (χ1) is 8.88. The zero-order chi connectivity index (χ0) is 14.6. The number of aliphatic hydroxyl groups excluding tert-OH is 1. The van der Waals surface area contributed by atoms with Crippen molar-refractivity contribution in [1.29, 1.82) is 0 Å². The largest absolute Gasteiger partial charge is 0.396 e. The molecule has 1 aromatic rings. The molecule has 1 aromatic carbocycles. The maximum Gasteiger partial charge on any atom is 0.0717 e. The summed E-state index contributed by atoms with van der Waals surface area (Å²) in [4.78, 5) is 0. The summed E-state index contributed by atoms with van der Waals surface area (Å²) in [5, 5.41) is 10.1. The maximum absolute atomic E-state index is 10.1. The summed E-state index contributed by atoms with van der Waals surface area (Å²) < 4.78 is 0. The van der Waals surface area contributed by atoms with Crippen molar-refractivity contribution in [1.82, 2.24) is 0 Å². The minimum atomic E-state index is -1.65. The average molecular weight is 279 g/mol. The van der Waals surface area contributed by atoms with Gasteiger partial charge in [0.1, 0.15) is 0 Å². The summed E-state index contributed by atoms with van der Waals surface area (Å²) in [6.07, 6.45) is 0. The molecule has 0 saturated carbocycles. The Bertz CT molecular complexity index is 348. The number of aliphatic hydroxyl groups is 1. The van der Waals surface area contributed by atoms with Crippen LogP contribution in [-0.4, -0.2) is 19.8 Å². The molecule has 1 unspecified atom stereocenters. The van der Waals surface area contributed by atoms with Gasteiger partial charge in [-0.3, -0.25) is 0 Å². The molecule has 0 aliphatic carbocycles. The molecule has 1 nitrogen and oxygen atoms in total. The van der Waals surface area contributed by atoms with Crippen LogP contribution in [0.5, 0.6) is 0 Å². The Kier molecular flexibility index (Phi) is 5.81. The third-order valence-corrected chi connectivity index (χ3v) is 12.7. The average Bonchev–Trinajstić information content (AvgIpc) is 2.35. The highest BCUT2D eigenvalue weighted by Gasteiger charge is 2.48. The molecule has 1 N–H and O–H groups in total. The maximum atomic E-state index is 10.1. The number of benzene rings is 1. The molecular weight excluding hydrogens is 248 g/mol. The van der Waals surface area contributed by atoms with E-state index in [-0.39, 0.29) is 6.61 Å². The highest BCUT2D eigenvalue weighted by molar-refractivity contribution is 6.84. The molecule has 0 amide bonds. The summed E-state index contributed by atoms with van der Waals surface area (Å²) in [5.74, 6) is 0. The molecule has 108 valence electrons. The normalized spacial score (nSPS) is 14.4. The lowest BCUT2D eigenvalue weighted by Gasteiger charge is -2.48. The Morgan fingerprint density at radius 2 is 1.26 bits per heavy atom. The van der Waals surface area contributed by atoms with Crippen LogP contribution in [0.2, 0.25) is 16.6 Å². The predicted octanol–water partition coefficient (Wildman–Crippen LogP) is 4.98. The quantitative estimate of drug-likeness (QED) is 0.728. The van der Waals surface area contributed by atoms with Crippen LogP contribution in [-0.2, 0) is 0 Å². The lowest BCUT2D eigenvalue weighted by Crippen LogP contribution is -2.51. The van der Waals surface area contributed by atoms with Gasteiger partial charge in [0.25, 0.3) is 0 Å². The van der Waals surface area contributed by atoms with Crippen LogP contribution in [0.4, 0.5) is 0 Å². The molecule has 0 fully saturated rings. The van der Waals surface area contributed by atoms with Gasteiger partial charge < -0.3 is 5.11 Å². The van der Waals surface area contributed by atoms with E-state index in [9.17, 15) is 5.11 Å². The summed E-state index contributed by atoms with van der Waals surface area (Å²) in [6, 6.07) is 10.6. The Morgan fingerprint density at radius 1 is 0.842 bits per heavy atom. The van der Waals surface area contributed by atoms with Gasteiger partial charge in [-0.05, 0) is 22.2 Å². The number of hydrogen-bond donors (Lipinski definition) is 1. The minimum Gasteiger partial charge on any atom is -0.396 e. The Hall–Kier alpha value is -0.603. The van der Waals surface area contributed by atoms with E-state index in [1.807, 2.05) is 0 Å². The van der Waals surface area contributed by atoms with Crippen LogP contribution in [0.25, 0.3) is 0 Å². The van der Waals surface area contributed by atoms with Gasteiger partial charge >= 0.3 is 0 Å². The predicted molar refractivity (Wildman–Crippen MR) is 87.3 cm³/mol. The van der Waals surface area contributed by atoms with Crippen molar-refractivity contribution in [2.45, 2.75) is 63.7 Å². The van der Waals surface area contributed by atoms with Crippen molar-refractivity contribution in [2.75, 3.05) is 6.61 Å². The minimum absolute atomic E-state index is 0.283. The van der Waals surface area contributed by atoms with Gasteiger partial charge in [0.05, 0.1) is 8.07 Å². The molecule has 1 rings (SSSR count). The van der Waals surface area contributed by atoms with Crippen molar-refractivity contribution in [3.8, 4) is 0 Å². The highest BCUT2D eigenvalue weighted by atomic mass is 28.3. The second-order valence-corrected chi connectivity index (χ2v) is 12.8. The smallest absolute Gasteiger partial charge is 0.0717 e. The Labute approximate surface area is 120 Å². The molecule has 0 aliphatic rings. The zero-order valence-corrected chi connectivity index (χ0v) is 14.4. The van der Waals surface area contributed by atoms with Gasteiger partial charge in [-0.25, -0.2) is 0 Å². The Morgan fingerprint density at radius 3 is 1.58 bits per heavy atom. The van der Waals surface area contributed by atoms with Gasteiger partial charge in [0.2, 0.25) is 0 Å². The molecule has 0 aliphatic heterocycles. The fourth-order valence-corrected chi connectivity index (χ4v) is 11.9. The lowest BCUT2D eigenvalue weighted by molar-refractivity contribution is 0.286. The van der Waals surface area contributed by atoms with E-state index in [1.165, 1.54) is 5.56 Å². The molecular formula is C17H30OSi. The zero-order valence-electron chi connectivity index (χ0n) is 13.4. The van der Waals surface area contributed by atoms with Crippen molar-refractivity contribution >= 4 is 8.07 Å². The fraction of sp³-hybridized carbons (Fsp3) is 0.647. The molecule has 1 atom stereocenters. The summed E-state index contributed by atoms with van der Waals surface area (Å²) in [6.45, 7) is 14.4. The second-order valence-electron chi connectivity index (χ2n) is 6.61. The van der Waals surface area contributed by atoms with E-state index in [0.717, 1.165) is 0 Å². The first-order valence-corrected chi connectivity index (χ1v) is 9.85. The van der Waals surface area contributed by atoms with E-state index in [1.54, 1.807) is 0 Å². The van der Waals surface area contributed by atoms with Crippen molar-refractivity contribution in [3.63, 3.8) is 0 Å². The molecule has 19 heavy (non-hydrogen) atoms. The Balaban J connectivity index is 3.36. The lowest BCUT2D eigenvalue weighted by atomic mass is 10.1. The van der Waals surface area contributed by atoms with Gasteiger partial charge in [0.15, 0.2) is 0 Å². The summed E-state index contributed by atoms with van der Waals surface area (Å²) >= 11 is 0. The topological polar surface area (TPSA) is 20.2 Å². The van der Waals surface area contributed by atoms with E-state index >= 15 is 0 Å². The highest BCUT2D eigenvalue weighted by Crippen LogP contribution is 2.49. The summed E-state index contributed by atoms with van der Waals surface area (Å²) in [5.41, 5.74) is 3.68. The molecule has 0 aromatic heterocycles. The van der Waals surface area contributed by atoms with Crippen molar-refractivity contribution in [3.05, 3.63) is 35.9 Å².